The molecule has 2 aliphatic heterocycles. The normalized spacial score (nSPS) is 23.8. The fourth-order valence-corrected chi connectivity index (χ4v) is 5.59. The molecule has 0 saturated carbocycles. The fraction of sp³-hybridized carbons (Fsp3) is 0.586. The number of hydrogen-bond donors (Lipinski definition) is 1. The van der Waals surface area contributed by atoms with Crippen LogP contribution in [0.4, 0.5) is 5.82 Å². The summed E-state index contributed by atoms with van der Waals surface area (Å²) in [6, 6.07) is 10.1. The highest BCUT2D eigenvalue weighted by Gasteiger charge is 2.63. The van der Waals surface area contributed by atoms with Gasteiger partial charge in [-0.25, -0.2) is 15.0 Å². The van der Waals surface area contributed by atoms with Gasteiger partial charge in [-0.1, -0.05) is 36.8 Å². The van der Waals surface area contributed by atoms with Crippen LogP contribution in [0.5, 0.6) is 0 Å². The highest BCUT2D eigenvalue weighted by atomic mass is 16.8. The molecule has 2 aromatic heterocycles. The average molecular weight is 553 g/mol. The first-order valence-corrected chi connectivity index (χ1v) is 14.1. The highest BCUT2D eigenvalue weighted by Crippen LogP contribution is 2.47. The van der Waals surface area contributed by atoms with E-state index in [4.69, 9.17) is 24.7 Å². The molecule has 0 amide bonds. The van der Waals surface area contributed by atoms with E-state index in [1.165, 1.54) is 6.33 Å². The molecule has 0 bridgehead atoms. The lowest BCUT2D eigenvalue weighted by molar-refractivity contribution is -0.205. The van der Waals surface area contributed by atoms with Gasteiger partial charge in [0.25, 0.3) is 0 Å². The lowest BCUT2D eigenvalue weighted by Gasteiger charge is -2.31. The monoisotopic (exact) mass is 552 g/mol. The van der Waals surface area contributed by atoms with Crippen molar-refractivity contribution in [2.75, 3.05) is 25.4 Å². The number of imidazole rings is 1. The molecule has 1 aromatic carbocycles. The summed E-state index contributed by atoms with van der Waals surface area (Å²) in [5.74, 6) is -0.638. The third-order valence-electron chi connectivity index (χ3n) is 7.60. The van der Waals surface area contributed by atoms with Crippen molar-refractivity contribution < 1.29 is 23.7 Å². The van der Waals surface area contributed by atoms with Gasteiger partial charge in [-0.15, -0.1) is 0 Å². The van der Waals surface area contributed by atoms with Gasteiger partial charge in [0.1, 0.15) is 30.7 Å². The van der Waals surface area contributed by atoms with Crippen molar-refractivity contribution in [1.29, 1.82) is 0 Å². The molecular weight excluding hydrogens is 512 g/mol. The van der Waals surface area contributed by atoms with Crippen molar-refractivity contribution >= 4 is 23.0 Å². The Kier molecular flexibility index (Phi) is 8.37. The molecule has 11 heteroatoms. The number of anilines is 1. The van der Waals surface area contributed by atoms with Gasteiger partial charge < -0.3 is 24.7 Å². The summed E-state index contributed by atoms with van der Waals surface area (Å²) in [7, 11) is 0. The first-order chi connectivity index (χ1) is 19.2. The minimum absolute atomic E-state index is 0.152. The van der Waals surface area contributed by atoms with Gasteiger partial charge in [-0.05, 0) is 52.6 Å². The number of carbonyl (C=O) groups excluding carboxylic acids is 1. The summed E-state index contributed by atoms with van der Waals surface area (Å²) in [5.41, 5.74) is 7.25. The third kappa shape index (κ3) is 5.97. The molecule has 0 spiro atoms. The summed E-state index contributed by atoms with van der Waals surface area (Å²) in [5, 5.41) is 0. The van der Waals surface area contributed by atoms with Crippen LogP contribution in [0.2, 0.25) is 0 Å². The molecule has 2 fully saturated rings. The molecule has 2 saturated heterocycles. The van der Waals surface area contributed by atoms with E-state index < -0.39 is 11.5 Å². The van der Waals surface area contributed by atoms with Gasteiger partial charge in [-0.3, -0.25) is 14.3 Å². The van der Waals surface area contributed by atoms with Crippen LogP contribution < -0.4 is 5.73 Å². The molecule has 5 rings (SSSR count). The van der Waals surface area contributed by atoms with Crippen LogP contribution in [0.25, 0.3) is 11.2 Å². The molecular formula is C29H40N6O5. The minimum Gasteiger partial charge on any atom is -0.461 e. The first-order valence-electron chi connectivity index (χ1n) is 14.1. The first kappa shape index (κ1) is 28.4. The Morgan fingerprint density at radius 2 is 1.98 bits per heavy atom. The summed E-state index contributed by atoms with van der Waals surface area (Å²) < 4.78 is 26.6. The number of nitrogens with two attached hydrogens (primary N) is 1. The second kappa shape index (κ2) is 11.8. The van der Waals surface area contributed by atoms with Crippen molar-refractivity contribution in [3.8, 4) is 0 Å². The molecule has 0 aliphatic carbocycles. The Hall–Kier alpha value is -3.12. The molecule has 3 aromatic rings. The van der Waals surface area contributed by atoms with E-state index >= 15 is 0 Å². The zero-order valence-electron chi connectivity index (χ0n) is 23.8. The van der Waals surface area contributed by atoms with E-state index in [-0.39, 0.29) is 18.2 Å². The standard InChI is InChI=1S/C29H40N6O5/c1-20(2)34(14-10-6-9-13-23(36)37-16-21-11-7-5-8-12-21)15-22-25-29(17-38-22,40-28(3,4)39-25)35-19-33-24-26(30)31-18-32-27(24)35/h5,7-8,11-12,18-20,22,25H,6,9-10,13-17H2,1-4H3,(H2,30,31,32). The lowest BCUT2D eigenvalue weighted by atomic mass is 10.0. The number of esters is 1. The predicted octanol–water partition coefficient (Wildman–Crippen LogP) is 3.63. The summed E-state index contributed by atoms with van der Waals surface area (Å²) >= 11 is 0. The number of ether oxygens (including phenoxy) is 4. The SMILES string of the molecule is CC(C)N(CCCCCC(=O)OCc1ccccc1)CC1OCC2(n3cnc4c(N)ncnc43)OC(C)(C)OC12. The van der Waals surface area contributed by atoms with Gasteiger partial charge >= 0.3 is 5.97 Å². The molecule has 3 unspecified atom stereocenters. The van der Waals surface area contributed by atoms with Gasteiger partial charge in [0.15, 0.2) is 17.3 Å². The molecule has 0 radical (unpaired) electrons. The number of hydrogen-bond acceptors (Lipinski definition) is 10. The van der Waals surface area contributed by atoms with Crippen LogP contribution in [0.3, 0.4) is 0 Å². The maximum absolute atomic E-state index is 12.1. The second-order valence-electron chi connectivity index (χ2n) is 11.3. The number of nitrogens with zero attached hydrogens (tertiary/aromatic N) is 5. The Balaban J connectivity index is 1.16. The topological polar surface area (TPSA) is 127 Å². The second-order valence-corrected chi connectivity index (χ2v) is 11.3. The van der Waals surface area contributed by atoms with E-state index in [2.05, 4.69) is 33.7 Å². The third-order valence-corrected chi connectivity index (χ3v) is 7.60. The van der Waals surface area contributed by atoms with Crippen molar-refractivity contribution in [2.24, 2.45) is 0 Å². The van der Waals surface area contributed by atoms with Crippen LogP contribution in [0, 0.1) is 0 Å². The largest absolute Gasteiger partial charge is 0.461 e. The maximum Gasteiger partial charge on any atom is 0.306 e. The van der Waals surface area contributed by atoms with E-state index in [1.807, 2.05) is 48.7 Å². The number of fused-ring (bicyclic) bond motifs is 2. The molecule has 2 aliphatic rings. The Morgan fingerprint density at radius 1 is 1.18 bits per heavy atom. The smallest absolute Gasteiger partial charge is 0.306 e. The summed E-state index contributed by atoms with van der Waals surface area (Å²) in [6.07, 6.45) is 5.68. The minimum atomic E-state index is -0.910. The van der Waals surface area contributed by atoms with Gasteiger partial charge in [0, 0.05) is 19.0 Å². The number of benzene rings is 1. The van der Waals surface area contributed by atoms with Crippen molar-refractivity contribution in [2.45, 2.75) is 89.7 Å². The van der Waals surface area contributed by atoms with Crippen molar-refractivity contribution in [3.05, 3.63) is 48.5 Å². The van der Waals surface area contributed by atoms with Crippen LogP contribution in [0.15, 0.2) is 43.0 Å². The summed E-state index contributed by atoms with van der Waals surface area (Å²) in [4.78, 5) is 27.5. The van der Waals surface area contributed by atoms with Crippen LogP contribution in [-0.2, 0) is 36.1 Å². The quantitative estimate of drug-likeness (QED) is 0.263. The number of unbranched alkanes of at least 4 members (excludes halogenated alkanes) is 2. The molecule has 3 atom stereocenters. The van der Waals surface area contributed by atoms with Gasteiger partial charge in [-0.2, -0.15) is 0 Å². The van der Waals surface area contributed by atoms with E-state index in [9.17, 15) is 4.79 Å². The van der Waals surface area contributed by atoms with Gasteiger partial charge in [0.05, 0.1) is 12.9 Å². The Bertz CT molecular complexity index is 1300. The average Bonchev–Trinajstić information content (AvgIpc) is 3.58. The van der Waals surface area contributed by atoms with E-state index in [0.717, 1.165) is 31.4 Å². The zero-order valence-corrected chi connectivity index (χ0v) is 23.8. The zero-order chi connectivity index (χ0) is 28.3. The molecule has 40 heavy (non-hydrogen) atoms. The van der Waals surface area contributed by atoms with Gasteiger partial charge in [0.2, 0.25) is 5.72 Å². The highest BCUT2D eigenvalue weighted by molar-refractivity contribution is 5.81. The Labute approximate surface area is 235 Å². The van der Waals surface area contributed by atoms with Crippen molar-refractivity contribution in [1.82, 2.24) is 24.4 Å². The molecule has 4 heterocycles. The summed E-state index contributed by atoms with van der Waals surface area (Å²) in [6.45, 7) is 10.4. The van der Waals surface area contributed by atoms with Crippen LogP contribution >= 0.6 is 0 Å². The van der Waals surface area contributed by atoms with E-state index in [0.29, 0.717) is 49.2 Å². The maximum atomic E-state index is 12.1. The predicted molar refractivity (Wildman–Crippen MR) is 149 cm³/mol. The molecule has 216 valence electrons. The number of nitrogen functional groups attached to an aromatic ring is 1. The van der Waals surface area contributed by atoms with Crippen molar-refractivity contribution in [3.63, 3.8) is 0 Å². The Morgan fingerprint density at radius 3 is 2.75 bits per heavy atom. The van der Waals surface area contributed by atoms with Crippen LogP contribution in [0.1, 0.15) is 58.9 Å². The number of aromatic nitrogens is 4. The number of carbonyl (C=O) groups is 1. The van der Waals surface area contributed by atoms with E-state index in [1.54, 1.807) is 6.33 Å². The lowest BCUT2D eigenvalue weighted by Crippen LogP contribution is -2.47. The fourth-order valence-electron chi connectivity index (χ4n) is 5.59. The van der Waals surface area contributed by atoms with Crippen LogP contribution in [-0.4, -0.2) is 74.1 Å². The molecule has 11 nitrogen and oxygen atoms in total. The molecule has 2 N–H and O–H groups in total. The number of rotatable bonds is 12.